The summed E-state index contributed by atoms with van der Waals surface area (Å²) < 4.78 is 0. The van der Waals surface area contributed by atoms with Crippen LogP contribution in [0.1, 0.15) is 47.5 Å². The van der Waals surface area contributed by atoms with Crippen LogP contribution in [0.2, 0.25) is 0 Å². The highest BCUT2D eigenvalue weighted by Crippen LogP contribution is 2.45. The molecule has 0 aromatic rings. The highest BCUT2D eigenvalue weighted by molar-refractivity contribution is 5.45. The first kappa shape index (κ1) is 9.57. The van der Waals surface area contributed by atoms with Gasteiger partial charge in [0.25, 0.3) is 0 Å². The van der Waals surface area contributed by atoms with Gasteiger partial charge in [-0.15, -0.1) is 0 Å². The predicted molar refractivity (Wildman–Crippen MR) is 55.1 cm³/mol. The first-order valence-electron chi connectivity index (χ1n) is 4.95. The summed E-state index contributed by atoms with van der Waals surface area (Å²) in [7, 11) is 0. The van der Waals surface area contributed by atoms with Gasteiger partial charge in [0.1, 0.15) is 0 Å². The van der Waals surface area contributed by atoms with E-state index in [1.165, 1.54) is 24.0 Å². The topological polar surface area (TPSA) is 0 Å². The van der Waals surface area contributed by atoms with Crippen molar-refractivity contribution in [1.29, 1.82) is 0 Å². The molecule has 1 rings (SSSR count). The second-order valence-electron chi connectivity index (χ2n) is 3.94. The second kappa shape index (κ2) is 3.08. The average molecular weight is 164 g/mol. The summed E-state index contributed by atoms with van der Waals surface area (Å²) in [5.41, 5.74) is 4.98. The zero-order chi connectivity index (χ0) is 9.35. The first-order valence-corrected chi connectivity index (χ1v) is 4.95. The molecule has 0 nitrogen and oxygen atoms in total. The third-order valence-electron chi connectivity index (χ3n) is 3.66. The molecule has 0 aromatic carbocycles. The van der Waals surface area contributed by atoms with Gasteiger partial charge < -0.3 is 0 Å². The summed E-state index contributed by atoms with van der Waals surface area (Å²) >= 11 is 0. The second-order valence-corrected chi connectivity index (χ2v) is 3.94. The largest absolute Gasteiger partial charge is 0.0711 e. The van der Waals surface area contributed by atoms with E-state index in [1.807, 2.05) is 0 Å². The van der Waals surface area contributed by atoms with Gasteiger partial charge in [0.2, 0.25) is 0 Å². The van der Waals surface area contributed by atoms with E-state index in [1.54, 1.807) is 5.57 Å². The quantitative estimate of drug-likeness (QED) is 0.576. The van der Waals surface area contributed by atoms with Crippen molar-refractivity contribution >= 4 is 0 Å². The molecule has 0 amide bonds. The van der Waals surface area contributed by atoms with Gasteiger partial charge in [-0.3, -0.25) is 0 Å². The molecule has 1 aliphatic carbocycles. The lowest BCUT2D eigenvalue weighted by molar-refractivity contribution is 0.431. The van der Waals surface area contributed by atoms with Gasteiger partial charge in [0, 0.05) is 5.41 Å². The summed E-state index contributed by atoms with van der Waals surface area (Å²) in [4.78, 5) is 0. The van der Waals surface area contributed by atoms with Crippen LogP contribution < -0.4 is 0 Å². The van der Waals surface area contributed by atoms with E-state index in [0.717, 1.165) is 0 Å². The van der Waals surface area contributed by atoms with Crippen molar-refractivity contribution in [3.05, 3.63) is 22.8 Å². The fourth-order valence-electron chi connectivity index (χ4n) is 2.28. The molecule has 0 bridgehead atoms. The molecule has 0 heteroatoms. The summed E-state index contributed by atoms with van der Waals surface area (Å²) in [6.07, 6.45) is 4.94. The van der Waals surface area contributed by atoms with Crippen LogP contribution in [0.4, 0.5) is 0 Å². The SMILES string of the molecule is CCC1(CC)C=C(C)C(C)=C1C. The maximum atomic E-state index is 2.46. The van der Waals surface area contributed by atoms with Crippen molar-refractivity contribution in [3.8, 4) is 0 Å². The van der Waals surface area contributed by atoms with E-state index in [9.17, 15) is 0 Å². The van der Waals surface area contributed by atoms with Gasteiger partial charge in [-0.1, -0.05) is 31.1 Å². The molecular formula is C12H20. The standard InChI is InChI=1S/C12H20/c1-6-12(7-2)8-9(3)10(4)11(12)5/h8H,6-7H2,1-5H3. The van der Waals surface area contributed by atoms with Crippen LogP contribution in [-0.2, 0) is 0 Å². The van der Waals surface area contributed by atoms with Crippen LogP contribution in [0.5, 0.6) is 0 Å². The van der Waals surface area contributed by atoms with Gasteiger partial charge in [0.15, 0.2) is 0 Å². The number of hydrogen-bond donors (Lipinski definition) is 0. The number of rotatable bonds is 2. The molecule has 0 spiro atoms. The molecule has 0 aromatic heterocycles. The van der Waals surface area contributed by atoms with Crippen molar-refractivity contribution < 1.29 is 0 Å². The maximum Gasteiger partial charge on any atom is 0.00943 e. The minimum atomic E-state index is 0.397. The lowest BCUT2D eigenvalue weighted by Crippen LogP contribution is -2.14. The van der Waals surface area contributed by atoms with Crippen molar-refractivity contribution in [3.63, 3.8) is 0 Å². The summed E-state index contributed by atoms with van der Waals surface area (Å²) in [6.45, 7) is 11.3. The Kier molecular flexibility index (Phi) is 2.46. The van der Waals surface area contributed by atoms with Gasteiger partial charge in [-0.2, -0.15) is 0 Å². The molecule has 0 heterocycles. The first-order chi connectivity index (χ1) is 5.57. The molecule has 0 aliphatic heterocycles. The van der Waals surface area contributed by atoms with Crippen LogP contribution in [0, 0.1) is 5.41 Å². The van der Waals surface area contributed by atoms with Crippen LogP contribution in [-0.4, -0.2) is 0 Å². The van der Waals surface area contributed by atoms with Gasteiger partial charge in [-0.05, 0) is 39.2 Å². The molecule has 0 atom stereocenters. The van der Waals surface area contributed by atoms with E-state index in [4.69, 9.17) is 0 Å². The Labute approximate surface area is 76.4 Å². The Balaban J connectivity index is 3.12. The highest BCUT2D eigenvalue weighted by Gasteiger charge is 2.31. The normalized spacial score (nSPS) is 21.6. The summed E-state index contributed by atoms with van der Waals surface area (Å²) in [6, 6.07) is 0. The molecular weight excluding hydrogens is 144 g/mol. The molecule has 0 unspecified atom stereocenters. The summed E-state index contributed by atoms with van der Waals surface area (Å²) in [5.74, 6) is 0. The molecule has 0 fully saturated rings. The van der Waals surface area contributed by atoms with Crippen LogP contribution in [0.15, 0.2) is 22.8 Å². The lowest BCUT2D eigenvalue weighted by atomic mass is 9.78. The van der Waals surface area contributed by atoms with Crippen molar-refractivity contribution in [2.45, 2.75) is 47.5 Å². The van der Waals surface area contributed by atoms with E-state index in [-0.39, 0.29) is 0 Å². The third-order valence-corrected chi connectivity index (χ3v) is 3.66. The molecule has 68 valence electrons. The maximum absolute atomic E-state index is 2.46. The Morgan fingerprint density at radius 2 is 1.58 bits per heavy atom. The van der Waals surface area contributed by atoms with Gasteiger partial charge in [0.05, 0.1) is 0 Å². The third kappa shape index (κ3) is 1.14. The number of hydrogen-bond acceptors (Lipinski definition) is 0. The minimum absolute atomic E-state index is 0.397. The molecule has 1 aliphatic rings. The Hall–Kier alpha value is -0.520. The van der Waals surface area contributed by atoms with Crippen LogP contribution in [0.25, 0.3) is 0 Å². The van der Waals surface area contributed by atoms with E-state index < -0.39 is 0 Å². The molecule has 12 heavy (non-hydrogen) atoms. The van der Waals surface area contributed by atoms with Crippen LogP contribution in [0.3, 0.4) is 0 Å². The lowest BCUT2D eigenvalue weighted by Gasteiger charge is -2.26. The Morgan fingerprint density at radius 3 is 1.75 bits per heavy atom. The monoisotopic (exact) mass is 164 g/mol. The Morgan fingerprint density at radius 1 is 1.08 bits per heavy atom. The summed E-state index contributed by atoms with van der Waals surface area (Å²) in [5, 5.41) is 0. The fourth-order valence-corrected chi connectivity index (χ4v) is 2.28. The van der Waals surface area contributed by atoms with Crippen LogP contribution >= 0.6 is 0 Å². The van der Waals surface area contributed by atoms with E-state index >= 15 is 0 Å². The highest BCUT2D eigenvalue weighted by atomic mass is 14.4. The molecule has 0 saturated heterocycles. The minimum Gasteiger partial charge on any atom is -0.0711 e. The van der Waals surface area contributed by atoms with E-state index in [2.05, 4.69) is 40.7 Å². The molecule has 0 saturated carbocycles. The Bertz CT molecular complexity index is 237. The van der Waals surface area contributed by atoms with Crippen molar-refractivity contribution in [1.82, 2.24) is 0 Å². The van der Waals surface area contributed by atoms with Crippen molar-refractivity contribution in [2.24, 2.45) is 5.41 Å². The van der Waals surface area contributed by atoms with Gasteiger partial charge >= 0.3 is 0 Å². The molecule has 0 radical (unpaired) electrons. The zero-order valence-corrected chi connectivity index (χ0v) is 8.99. The van der Waals surface area contributed by atoms with Gasteiger partial charge in [-0.25, -0.2) is 0 Å². The average Bonchev–Trinajstić information content (AvgIpc) is 2.30. The smallest absolute Gasteiger partial charge is 0.00943 e. The zero-order valence-electron chi connectivity index (χ0n) is 8.99. The number of allylic oxidation sites excluding steroid dienone is 4. The molecule has 0 N–H and O–H groups in total. The predicted octanol–water partition coefficient (Wildman–Crippen LogP) is 4.09. The van der Waals surface area contributed by atoms with Crippen molar-refractivity contribution in [2.75, 3.05) is 0 Å². The fraction of sp³-hybridized carbons (Fsp3) is 0.667. The van der Waals surface area contributed by atoms with E-state index in [0.29, 0.717) is 5.41 Å².